The smallest absolute Gasteiger partial charge is 0.137 e. The highest BCUT2D eigenvalue weighted by molar-refractivity contribution is 5.32. The standard InChI is InChI=1S/C26H34O4/c1-24(2)15-28-22(24)18-7-11-20(12-8-18)27-17-26(5,6)30-21-13-9-19(10-14-21)23-25(3,4)16-29-23/h7-14,22-23H,15-17H2,1-6H3. The Morgan fingerprint density at radius 3 is 1.57 bits per heavy atom. The lowest BCUT2D eigenvalue weighted by Crippen LogP contribution is -2.40. The van der Waals surface area contributed by atoms with Crippen LogP contribution in [0.3, 0.4) is 0 Å². The molecule has 4 heteroatoms. The van der Waals surface area contributed by atoms with Gasteiger partial charge < -0.3 is 18.9 Å². The first-order valence-corrected chi connectivity index (χ1v) is 10.8. The van der Waals surface area contributed by atoms with Crippen LogP contribution in [0, 0.1) is 10.8 Å². The van der Waals surface area contributed by atoms with Crippen LogP contribution in [0.5, 0.6) is 11.5 Å². The first-order chi connectivity index (χ1) is 14.1. The molecule has 2 atom stereocenters. The van der Waals surface area contributed by atoms with Gasteiger partial charge in [0.2, 0.25) is 0 Å². The van der Waals surface area contributed by atoms with Crippen LogP contribution in [0.2, 0.25) is 0 Å². The number of hydrogen-bond donors (Lipinski definition) is 0. The van der Waals surface area contributed by atoms with Gasteiger partial charge in [-0.25, -0.2) is 0 Å². The Hall–Kier alpha value is -2.04. The first-order valence-electron chi connectivity index (χ1n) is 10.8. The number of ether oxygens (including phenoxy) is 4. The highest BCUT2D eigenvalue weighted by atomic mass is 16.5. The lowest BCUT2D eigenvalue weighted by Gasteiger charge is -2.44. The van der Waals surface area contributed by atoms with E-state index in [1.807, 2.05) is 38.1 Å². The van der Waals surface area contributed by atoms with E-state index in [-0.39, 0.29) is 23.0 Å². The molecule has 0 aliphatic carbocycles. The lowest BCUT2D eigenvalue weighted by atomic mass is 9.79. The molecule has 162 valence electrons. The quantitative estimate of drug-likeness (QED) is 0.551. The van der Waals surface area contributed by atoms with Crippen molar-refractivity contribution in [1.29, 1.82) is 0 Å². The van der Waals surface area contributed by atoms with Crippen molar-refractivity contribution in [2.24, 2.45) is 10.8 Å². The summed E-state index contributed by atoms with van der Waals surface area (Å²) in [6.07, 6.45) is 0.340. The lowest BCUT2D eigenvalue weighted by molar-refractivity contribution is -0.172. The summed E-state index contributed by atoms with van der Waals surface area (Å²) in [7, 11) is 0. The normalized spacial score (nSPS) is 24.5. The van der Waals surface area contributed by atoms with Crippen LogP contribution in [0.4, 0.5) is 0 Å². The third-order valence-electron chi connectivity index (χ3n) is 6.01. The molecule has 2 aromatic carbocycles. The van der Waals surface area contributed by atoms with E-state index in [1.165, 1.54) is 11.1 Å². The van der Waals surface area contributed by atoms with Crippen molar-refractivity contribution < 1.29 is 18.9 Å². The van der Waals surface area contributed by atoms with Gasteiger partial charge in [-0.1, -0.05) is 52.0 Å². The summed E-state index contributed by atoms with van der Waals surface area (Å²) in [5.74, 6) is 1.68. The Balaban J connectivity index is 1.31. The van der Waals surface area contributed by atoms with Crippen molar-refractivity contribution in [1.82, 2.24) is 0 Å². The molecule has 4 rings (SSSR count). The molecule has 2 heterocycles. The SMILES string of the molecule is CC(C)(COc1ccc(C2OCC2(C)C)cc1)Oc1ccc(C2OCC2(C)C)cc1. The van der Waals surface area contributed by atoms with E-state index in [4.69, 9.17) is 18.9 Å². The Kier molecular flexibility index (Phi) is 5.36. The molecule has 0 aromatic heterocycles. The minimum atomic E-state index is -0.453. The van der Waals surface area contributed by atoms with E-state index in [9.17, 15) is 0 Å². The molecule has 0 radical (unpaired) electrons. The van der Waals surface area contributed by atoms with Gasteiger partial charge in [-0.2, -0.15) is 0 Å². The summed E-state index contributed by atoms with van der Waals surface area (Å²) < 4.78 is 23.7. The van der Waals surface area contributed by atoms with Crippen molar-refractivity contribution >= 4 is 0 Å². The zero-order valence-corrected chi connectivity index (χ0v) is 19.0. The third-order valence-corrected chi connectivity index (χ3v) is 6.01. The van der Waals surface area contributed by atoms with Gasteiger partial charge in [0.15, 0.2) is 0 Å². The maximum atomic E-state index is 6.19. The van der Waals surface area contributed by atoms with E-state index in [1.54, 1.807) is 0 Å². The number of benzene rings is 2. The molecule has 2 unspecified atom stereocenters. The molecule has 0 spiro atoms. The maximum absolute atomic E-state index is 6.19. The summed E-state index contributed by atoms with van der Waals surface area (Å²) in [5.41, 5.74) is 2.35. The van der Waals surface area contributed by atoms with Gasteiger partial charge in [0.25, 0.3) is 0 Å². The molecule has 2 aliphatic heterocycles. The Morgan fingerprint density at radius 2 is 1.20 bits per heavy atom. The molecule has 2 fully saturated rings. The zero-order valence-electron chi connectivity index (χ0n) is 19.0. The largest absolute Gasteiger partial charge is 0.489 e. The highest BCUT2D eigenvalue weighted by Gasteiger charge is 2.41. The fraction of sp³-hybridized carbons (Fsp3) is 0.538. The van der Waals surface area contributed by atoms with Gasteiger partial charge in [-0.3, -0.25) is 0 Å². The zero-order chi connectivity index (χ0) is 21.6. The van der Waals surface area contributed by atoms with Crippen LogP contribution < -0.4 is 9.47 Å². The average molecular weight is 411 g/mol. The first kappa shape index (κ1) is 21.2. The van der Waals surface area contributed by atoms with Gasteiger partial charge in [0.1, 0.15) is 23.7 Å². The summed E-state index contributed by atoms with van der Waals surface area (Å²) in [5, 5.41) is 0. The fourth-order valence-corrected chi connectivity index (χ4v) is 4.15. The van der Waals surface area contributed by atoms with Gasteiger partial charge in [0, 0.05) is 10.8 Å². The summed E-state index contributed by atoms with van der Waals surface area (Å²) in [4.78, 5) is 0. The van der Waals surface area contributed by atoms with Crippen molar-refractivity contribution in [3.63, 3.8) is 0 Å². The van der Waals surface area contributed by atoms with Gasteiger partial charge in [0.05, 0.1) is 25.4 Å². The minimum absolute atomic E-state index is 0.168. The van der Waals surface area contributed by atoms with Crippen molar-refractivity contribution in [3.05, 3.63) is 59.7 Å². The predicted octanol–water partition coefficient (Wildman–Crippen LogP) is 6.12. The second-order valence-corrected chi connectivity index (χ2v) is 10.6. The average Bonchev–Trinajstić information content (AvgIpc) is 2.67. The molecule has 2 saturated heterocycles. The van der Waals surface area contributed by atoms with Crippen LogP contribution >= 0.6 is 0 Å². The number of rotatable bonds is 7. The number of hydrogen-bond acceptors (Lipinski definition) is 4. The monoisotopic (exact) mass is 410 g/mol. The van der Waals surface area contributed by atoms with Crippen molar-refractivity contribution in [3.8, 4) is 11.5 Å². The van der Waals surface area contributed by atoms with Gasteiger partial charge in [-0.05, 0) is 49.2 Å². The second kappa shape index (κ2) is 7.58. The van der Waals surface area contributed by atoms with Crippen LogP contribution in [0.1, 0.15) is 64.9 Å². The third kappa shape index (κ3) is 4.35. The molecule has 0 amide bonds. The highest BCUT2D eigenvalue weighted by Crippen LogP contribution is 2.46. The Bertz CT molecular complexity index is 865. The van der Waals surface area contributed by atoms with Crippen molar-refractivity contribution in [2.75, 3.05) is 19.8 Å². The van der Waals surface area contributed by atoms with Crippen LogP contribution in [0.25, 0.3) is 0 Å². The van der Waals surface area contributed by atoms with Crippen LogP contribution in [-0.4, -0.2) is 25.4 Å². The second-order valence-electron chi connectivity index (χ2n) is 10.6. The van der Waals surface area contributed by atoms with Crippen molar-refractivity contribution in [2.45, 2.75) is 59.4 Å². The Labute approximate surface area is 180 Å². The van der Waals surface area contributed by atoms with Gasteiger partial charge >= 0.3 is 0 Å². The molecule has 30 heavy (non-hydrogen) atoms. The fourth-order valence-electron chi connectivity index (χ4n) is 4.15. The van der Waals surface area contributed by atoms with Crippen LogP contribution in [0.15, 0.2) is 48.5 Å². The summed E-state index contributed by atoms with van der Waals surface area (Å²) in [6.45, 7) is 15.1. The Morgan fingerprint density at radius 1 is 0.767 bits per heavy atom. The molecule has 0 saturated carbocycles. The summed E-state index contributed by atoms with van der Waals surface area (Å²) in [6, 6.07) is 16.4. The van der Waals surface area contributed by atoms with E-state index in [0.717, 1.165) is 24.7 Å². The molecule has 2 aromatic rings. The molecule has 0 N–H and O–H groups in total. The topological polar surface area (TPSA) is 36.9 Å². The molecular formula is C26H34O4. The van der Waals surface area contributed by atoms with Gasteiger partial charge in [-0.15, -0.1) is 0 Å². The van der Waals surface area contributed by atoms with E-state index in [0.29, 0.717) is 6.61 Å². The maximum Gasteiger partial charge on any atom is 0.137 e. The van der Waals surface area contributed by atoms with E-state index >= 15 is 0 Å². The van der Waals surface area contributed by atoms with Crippen LogP contribution in [-0.2, 0) is 9.47 Å². The molecular weight excluding hydrogens is 376 g/mol. The summed E-state index contributed by atoms with van der Waals surface area (Å²) >= 11 is 0. The van der Waals surface area contributed by atoms with E-state index in [2.05, 4.69) is 52.0 Å². The predicted molar refractivity (Wildman–Crippen MR) is 118 cm³/mol. The molecule has 0 bridgehead atoms. The minimum Gasteiger partial charge on any atom is -0.489 e. The molecule has 4 nitrogen and oxygen atoms in total. The molecule has 2 aliphatic rings. The van der Waals surface area contributed by atoms with E-state index < -0.39 is 5.60 Å².